The maximum Gasteiger partial charge on any atom is 0.0466 e. The highest BCUT2D eigenvalue weighted by Crippen LogP contribution is 2.37. The largest absolute Gasteiger partial charge is 0.311 e. The molecule has 48 heavy (non-hydrogen) atoms. The van der Waals surface area contributed by atoms with Crippen LogP contribution < -0.4 is 9.80 Å². The van der Waals surface area contributed by atoms with Gasteiger partial charge < -0.3 is 9.80 Å². The third kappa shape index (κ3) is 6.99. The number of para-hydroxylation sites is 3. The van der Waals surface area contributed by atoms with E-state index >= 15 is 0 Å². The van der Waals surface area contributed by atoms with E-state index in [-0.39, 0.29) is 0 Å². The number of rotatable bonds is 9. The summed E-state index contributed by atoms with van der Waals surface area (Å²) in [4.78, 5) is 4.60. The van der Waals surface area contributed by atoms with E-state index in [9.17, 15) is 0 Å². The zero-order valence-electron chi connectivity index (χ0n) is 27.4. The van der Waals surface area contributed by atoms with Crippen LogP contribution in [0.1, 0.15) is 22.3 Å². The Bertz CT molecular complexity index is 2040. The van der Waals surface area contributed by atoms with Gasteiger partial charge in [-0.15, -0.1) is 0 Å². The second-order valence-corrected chi connectivity index (χ2v) is 12.1. The standard InChI is InChI=1S/C46H38N2/c1-35-32-36(2)34-46(33-35)48(43-16-10-5-11-17-43)44-28-22-38(23-29-44)19-18-37-20-24-39(25-21-37)40-26-30-45(31-27-40)47(41-12-6-3-7-13-41)42-14-8-4-9-15-42/h3-34H,1-2H3/b19-18+. The van der Waals surface area contributed by atoms with Crippen LogP contribution in [0.15, 0.2) is 182 Å². The van der Waals surface area contributed by atoms with Crippen molar-refractivity contribution in [3.05, 3.63) is 204 Å². The van der Waals surface area contributed by atoms with Gasteiger partial charge in [-0.2, -0.15) is 0 Å². The third-order valence-corrected chi connectivity index (χ3v) is 8.50. The summed E-state index contributed by atoms with van der Waals surface area (Å²) in [5.41, 5.74) is 14.1. The molecule has 7 aromatic carbocycles. The van der Waals surface area contributed by atoms with Crippen LogP contribution in [-0.4, -0.2) is 0 Å². The molecule has 0 amide bonds. The first kappa shape index (κ1) is 30.5. The minimum Gasteiger partial charge on any atom is -0.311 e. The van der Waals surface area contributed by atoms with Gasteiger partial charge in [0.2, 0.25) is 0 Å². The van der Waals surface area contributed by atoms with Gasteiger partial charge in [-0.3, -0.25) is 0 Å². The normalized spacial score (nSPS) is 11.0. The fraction of sp³-hybridized carbons (Fsp3) is 0.0435. The Labute approximate surface area is 284 Å². The van der Waals surface area contributed by atoms with E-state index in [1.807, 2.05) is 0 Å². The van der Waals surface area contributed by atoms with Crippen molar-refractivity contribution in [2.45, 2.75) is 13.8 Å². The van der Waals surface area contributed by atoms with Crippen LogP contribution in [-0.2, 0) is 0 Å². The fourth-order valence-electron chi connectivity index (χ4n) is 6.22. The summed E-state index contributed by atoms with van der Waals surface area (Å²) in [6.45, 7) is 4.31. The lowest BCUT2D eigenvalue weighted by Gasteiger charge is -2.26. The number of benzene rings is 7. The van der Waals surface area contributed by atoms with Gasteiger partial charge in [-0.05, 0) is 120 Å². The van der Waals surface area contributed by atoms with Crippen LogP contribution >= 0.6 is 0 Å². The highest BCUT2D eigenvalue weighted by Gasteiger charge is 2.14. The summed E-state index contributed by atoms with van der Waals surface area (Å²) < 4.78 is 0. The number of anilines is 6. The molecule has 0 aliphatic heterocycles. The van der Waals surface area contributed by atoms with Crippen molar-refractivity contribution in [1.29, 1.82) is 0 Å². The van der Waals surface area contributed by atoms with E-state index in [0.29, 0.717) is 0 Å². The van der Waals surface area contributed by atoms with Crippen molar-refractivity contribution in [2.24, 2.45) is 0 Å². The van der Waals surface area contributed by atoms with Crippen molar-refractivity contribution < 1.29 is 0 Å². The number of hydrogen-bond acceptors (Lipinski definition) is 2. The van der Waals surface area contributed by atoms with Crippen molar-refractivity contribution in [2.75, 3.05) is 9.80 Å². The highest BCUT2D eigenvalue weighted by atomic mass is 15.1. The maximum atomic E-state index is 2.32. The summed E-state index contributed by atoms with van der Waals surface area (Å²) in [6, 6.07) is 64.7. The topological polar surface area (TPSA) is 6.48 Å². The quantitative estimate of drug-likeness (QED) is 0.149. The molecule has 0 unspecified atom stereocenters. The van der Waals surface area contributed by atoms with Crippen molar-refractivity contribution >= 4 is 46.3 Å². The van der Waals surface area contributed by atoms with Gasteiger partial charge in [-0.25, -0.2) is 0 Å². The zero-order valence-corrected chi connectivity index (χ0v) is 27.4. The first-order valence-electron chi connectivity index (χ1n) is 16.4. The molecule has 0 saturated carbocycles. The molecule has 7 aromatic rings. The van der Waals surface area contributed by atoms with Gasteiger partial charge in [0.25, 0.3) is 0 Å². The predicted molar refractivity (Wildman–Crippen MR) is 206 cm³/mol. The van der Waals surface area contributed by atoms with Crippen molar-refractivity contribution in [3.63, 3.8) is 0 Å². The molecule has 7 rings (SSSR count). The molecule has 2 nitrogen and oxygen atoms in total. The lowest BCUT2D eigenvalue weighted by atomic mass is 10.0. The zero-order chi connectivity index (χ0) is 32.7. The first-order valence-corrected chi connectivity index (χ1v) is 16.4. The van der Waals surface area contributed by atoms with Crippen LogP contribution in [0.4, 0.5) is 34.1 Å². The number of hydrogen-bond donors (Lipinski definition) is 0. The van der Waals surface area contributed by atoms with E-state index < -0.39 is 0 Å². The molecule has 0 N–H and O–H groups in total. The summed E-state index contributed by atoms with van der Waals surface area (Å²) in [5, 5.41) is 0. The molecule has 0 aromatic heterocycles. The van der Waals surface area contributed by atoms with Gasteiger partial charge in [0.05, 0.1) is 0 Å². The second-order valence-electron chi connectivity index (χ2n) is 12.1. The molecule has 0 bridgehead atoms. The van der Waals surface area contributed by atoms with Crippen molar-refractivity contribution in [1.82, 2.24) is 0 Å². The Morgan fingerprint density at radius 3 is 1.04 bits per heavy atom. The summed E-state index contributed by atoms with van der Waals surface area (Å²) >= 11 is 0. The summed E-state index contributed by atoms with van der Waals surface area (Å²) in [6.07, 6.45) is 4.36. The molecule has 2 heteroatoms. The fourth-order valence-corrected chi connectivity index (χ4v) is 6.22. The molecular weight excluding hydrogens is 581 g/mol. The minimum atomic E-state index is 1.13. The monoisotopic (exact) mass is 618 g/mol. The van der Waals surface area contributed by atoms with E-state index in [1.165, 1.54) is 33.5 Å². The summed E-state index contributed by atoms with van der Waals surface area (Å²) in [7, 11) is 0. The van der Waals surface area contributed by atoms with Crippen LogP contribution in [0.5, 0.6) is 0 Å². The molecule has 0 heterocycles. The van der Waals surface area contributed by atoms with Crippen LogP contribution in [0.25, 0.3) is 23.3 Å². The predicted octanol–water partition coefficient (Wildman–Crippen LogP) is 13.1. The van der Waals surface area contributed by atoms with Crippen LogP contribution in [0.2, 0.25) is 0 Å². The highest BCUT2D eigenvalue weighted by molar-refractivity contribution is 5.80. The Hall–Kier alpha value is -6.12. The first-order chi connectivity index (χ1) is 23.6. The molecule has 0 spiro atoms. The second kappa shape index (κ2) is 14.1. The lowest BCUT2D eigenvalue weighted by Crippen LogP contribution is -2.10. The Kier molecular flexibility index (Phi) is 8.97. The van der Waals surface area contributed by atoms with Gasteiger partial charge in [0.1, 0.15) is 0 Å². The Morgan fingerprint density at radius 1 is 0.312 bits per heavy atom. The average molecular weight is 619 g/mol. The SMILES string of the molecule is Cc1cc(C)cc(N(c2ccccc2)c2ccc(/C=C/c3ccc(-c4ccc(N(c5ccccc5)c5ccccc5)cc4)cc3)cc2)c1. The van der Waals surface area contributed by atoms with Crippen molar-refractivity contribution in [3.8, 4) is 11.1 Å². The maximum absolute atomic E-state index is 2.32. The molecule has 0 radical (unpaired) electrons. The Balaban J connectivity index is 1.07. The number of nitrogens with zero attached hydrogens (tertiary/aromatic N) is 2. The minimum absolute atomic E-state index is 1.13. The van der Waals surface area contributed by atoms with Gasteiger partial charge in [0.15, 0.2) is 0 Å². The molecule has 0 aliphatic carbocycles. The van der Waals surface area contributed by atoms with Crippen LogP contribution in [0.3, 0.4) is 0 Å². The molecular formula is C46H38N2. The molecule has 232 valence electrons. The van der Waals surface area contributed by atoms with Crippen LogP contribution in [0, 0.1) is 13.8 Å². The molecule has 0 atom stereocenters. The third-order valence-electron chi connectivity index (χ3n) is 8.50. The van der Waals surface area contributed by atoms with Gasteiger partial charge in [-0.1, -0.05) is 121 Å². The molecule has 0 saturated heterocycles. The lowest BCUT2D eigenvalue weighted by molar-refractivity contribution is 1.25. The van der Waals surface area contributed by atoms with E-state index in [1.54, 1.807) is 0 Å². The Morgan fingerprint density at radius 2 is 0.625 bits per heavy atom. The van der Waals surface area contributed by atoms with E-state index in [2.05, 4.69) is 218 Å². The average Bonchev–Trinajstić information content (AvgIpc) is 3.13. The number of aryl methyl sites for hydroxylation is 2. The molecule has 0 fully saturated rings. The van der Waals surface area contributed by atoms with E-state index in [4.69, 9.17) is 0 Å². The summed E-state index contributed by atoms with van der Waals surface area (Å²) in [5.74, 6) is 0. The van der Waals surface area contributed by atoms with Gasteiger partial charge >= 0.3 is 0 Å². The van der Waals surface area contributed by atoms with Gasteiger partial charge in [0, 0.05) is 34.1 Å². The molecule has 0 aliphatic rings. The van der Waals surface area contributed by atoms with E-state index in [0.717, 1.165) is 34.0 Å². The smallest absolute Gasteiger partial charge is 0.0466 e.